The van der Waals surface area contributed by atoms with Crippen molar-refractivity contribution in [1.29, 1.82) is 0 Å². The van der Waals surface area contributed by atoms with Crippen molar-refractivity contribution >= 4 is 50.6 Å². The van der Waals surface area contributed by atoms with Gasteiger partial charge < -0.3 is 15.4 Å². The van der Waals surface area contributed by atoms with Crippen molar-refractivity contribution in [2.45, 2.75) is 32.2 Å². The van der Waals surface area contributed by atoms with Gasteiger partial charge in [0.1, 0.15) is 21.2 Å². The van der Waals surface area contributed by atoms with Gasteiger partial charge in [0.15, 0.2) is 0 Å². The number of nitrogens with zero attached hydrogens (tertiary/aromatic N) is 2. The van der Waals surface area contributed by atoms with Crippen LogP contribution in [0.2, 0.25) is 0 Å². The number of ether oxygens (including phenoxy) is 1. The number of thiophene rings is 1. The number of anilines is 3. The minimum absolute atomic E-state index is 0.149. The largest absolute Gasteiger partial charge is 0.457 e. The number of rotatable bonds is 5. The van der Waals surface area contributed by atoms with Crippen molar-refractivity contribution in [3.8, 4) is 11.5 Å². The number of carbonyl (C=O) groups is 2. The fraction of sp³-hybridized carbons (Fsp3) is 0.222. The molecule has 6 rings (SSSR count). The summed E-state index contributed by atoms with van der Waals surface area (Å²) in [4.78, 5) is 33.8. The summed E-state index contributed by atoms with van der Waals surface area (Å²) in [5.41, 5.74) is 1.94. The van der Waals surface area contributed by atoms with Gasteiger partial charge in [0.25, 0.3) is 5.91 Å². The van der Waals surface area contributed by atoms with Crippen molar-refractivity contribution in [3.05, 3.63) is 71.7 Å². The van der Waals surface area contributed by atoms with Gasteiger partial charge in [0.2, 0.25) is 0 Å². The Balaban J connectivity index is 1.32. The first kappa shape index (κ1) is 21.6. The van der Waals surface area contributed by atoms with E-state index in [1.807, 2.05) is 60.7 Å². The number of benzene rings is 2. The molecule has 2 N–H and O–H groups in total. The summed E-state index contributed by atoms with van der Waals surface area (Å²) in [5, 5.41) is 6.91. The van der Waals surface area contributed by atoms with E-state index >= 15 is 0 Å². The van der Waals surface area contributed by atoms with Crippen molar-refractivity contribution in [2.75, 3.05) is 10.2 Å². The van der Waals surface area contributed by atoms with Gasteiger partial charge in [-0.15, -0.1) is 11.3 Å². The second kappa shape index (κ2) is 8.70. The summed E-state index contributed by atoms with van der Waals surface area (Å²) in [5.74, 6) is 1.72. The Labute approximate surface area is 206 Å². The highest BCUT2D eigenvalue weighted by molar-refractivity contribution is 7.21. The number of para-hydroxylation sites is 1. The monoisotopic (exact) mass is 484 g/mol. The summed E-state index contributed by atoms with van der Waals surface area (Å²) in [6, 6.07) is 18.6. The molecule has 1 aliphatic heterocycles. The predicted octanol–water partition coefficient (Wildman–Crippen LogP) is 6.69. The van der Waals surface area contributed by atoms with Crippen LogP contribution in [0, 0.1) is 5.92 Å². The zero-order valence-corrected chi connectivity index (χ0v) is 20.0. The average Bonchev–Trinajstić information content (AvgIpc) is 3.44. The van der Waals surface area contributed by atoms with Crippen LogP contribution in [0.15, 0.2) is 66.9 Å². The molecule has 1 fully saturated rings. The second-order valence-electron chi connectivity index (χ2n) is 8.98. The molecule has 176 valence electrons. The standard InChI is InChI=1S/C27H24N4O3S/c1-16-6-5-9-20(16)29-25(32)24-23-22-21(14-15-28-26(22)35-24)31(27(33)30-23)17-10-12-19(13-11-17)34-18-7-3-2-4-8-18/h2-4,7-8,10-16,20H,5-6,9H2,1H3,(H,29,32)(H,30,33)/t16-,20+/m0/s1. The SMILES string of the molecule is C[C@H]1CCC[C@H]1NC(=O)c1sc2nccc3c2c1NC(=O)N3c1ccc(Oc2ccccc2)cc1. The Kier molecular flexibility index (Phi) is 5.37. The molecule has 0 spiro atoms. The third kappa shape index (κ3) is 3.89. The molecule has 0 bridgehead atoms. The van der Waals surface area contributed by atoms with Gasteiger partial charge >= 0.3 is 6.03 Å². The minimum atomic E-state index is -0.316. The Bertz CT molecular complexity index is 1420. The van der Waals surface area contributed by atoms with Crippen molar-refractivity contribution in [2.24, 2.45) is 5.92 Å². The van der Waals surface area contributed by atoms with Crippen LogP contribution in [0.5, 0.6) is 11.5 Å². The van der Waals surface area contributed by atoms with E-state index in [4.69, 9.17) is 4.74 Å². The van der Waals surface area contributed by atoms with E-state index in [2.05, 4.69) is 22.5 Å². The van der Waals surface area contributed by atoms with E-state index in [0.717, 1.165) is 35.2 Å². The van der Waals surface area contributed by atoms with E-state index in [9.17, 15) is 9.59 Å². The van der Waals surface area contributed by atoms with Crippen LogP contribution in [0.25, 0.3) is 10.2 Å². The zero-order chi connectivity index (χ0) is 23.9. The molecule has 3 amide bonds. The number of nitrogens with one attached hydrogen (secondary N) is 2. The van der Waals surface area contributed by atoms with Crippen LogP contribution in [0.1, 0.15) is 35.9 Å². The number of urea groups is 1. The predicted molar refractivity (Wildman–Crippen MR) is 138 cm³/mol. The molecule has 0 saturated heterocycles. The van der Waals surface area contributed by atoms with Gasteiger partial charge in [-0.2, -0.15) is 0 Å². The number of pyridine rings is 1. The summed E-state index contributed by atoms with van der Waals surface area (Å²) < 4.78 is 5.88. The topological polar surface area (TPSA) is 83.6 Å². The Morgan fingerprint density at radius 2 is 1.86 bits per heavy atom. The lowest BCUT2D eigenvalue weighted by Crippen LogP contribution is -2.37. The quantitative estimate of drug-likeness (QED) is 0.331. The molecule has 7 nitrogen and oxygen atoms in total. The summed E-state index contributed by atoms with van der Waals surface area (Å²) in [6.07, 6.45) is 4.91. The van der Waals surface area contributed by atoms with E-state index in [-0.39, 0.29) is 18.0 Å². The molecule has 3 heterocycles. The molecule has 0 unspecified atom stereocenters. The summed E-state index contributed by atoms with van der Waals surface area (Å²) in [6.45, 7) is 2.17. The van der Waals surface area contributed by atoms with Crippen LogP contribution in [0.4, 0.5) is 21.9 Å². The maximum absolute atomic E-state index is 13.3. The molecule has 1 aliphatic carbocycles. The number of hydrogen-bond donors (Lipinski definition) is 2. The number of amides is 3. The molecule has 1 saturated carbocycles. The minimum Gasteiger partial charge on any atom is -0.457 e. The first-order chi connectivity index (χ1) is 17.1. The molecule has 0 radical (unpaired) electrons. The third-order valence-corrected chi connectivity index (χ3v) is 7.80. The Morgan fingerprint density at radius 1 is 1.09 bits per heavy atom. The fourth-order valence-corrected chi connectivity index (χ4v) is 5.90. The molecule has 2 aromatic carbocycles. The maximum atomic E-state index is 13.3. The lowest BCUT2D eigenvalue weighted by molar-refractivity contribution is 0.0934. The Hall–Kier alpha value is -3.91. The van der Waals surface area contributed by atoms with Crippen LogP contribution in [-0.2, 0) is 0 Å². The molecule has 2 aliphatic rings. The van der Waals surface area contributed by atoms with E-state index in [1.54, 1.807) is 11.1 Å². The number of hydrogen-bond acceptors (Lipinski definition) is 5. The highest BCUT2D eigenvalue weighted by atomic mass is 32.1. The van der Waals surface area contributed by atoms with Crippen LogP contribution in [0.3, 0.4) is 0 Å². The highest BCUT2D eigenvalue weighted by Crippen LogP contribution is 2.46. The summed E-state index contributed by atoms with van der Waals surface area (Å²) >= 11 is 1.31. The highest BCUT2D eigenvalue weighted by Gasteiger charge is 2.34. The van der Waals surface area contributed by atoms with Crippen LogP contribution >= 0.6 is 11.3 Å². The summed E-state index contributed by atoms with van der Waals surface area (Å²) in [7, 11) is 0. The normalized spacial score (nSPS) is 19.0. The van der Waals surface area contributed by atoms with Gasteiger partial charge in [-0.3, -0.25) is 9.69 Å². The lowest BCUT2D eigenvalue weighted by Gasteiger charge is -2.28. The molecule has 8 heteroatoms. The van der Waals surface area contributed by atoms with E-state index in [1.165, 1.54) is 11.3 Å². The lowest BCUT2D eigenvalue weighted by atomic mass is 10.1. The fourth-order valence-electron chi connectivity index (χ4n) is 4.88. The second-order valence-corrected chi connectivity index (χ2v) is 9.98. The molecule has 2 atom stereocenters. The van der Waals surface area contributed by atoms with Gasteiger partial charge in [-0.1, -0.05) is 31.5 Å². The first-order valence-corrected chi connectivity index (χ1v) is 12.6. The van der Waals surface area contributed by atoms with Crippen molar-refractivity contribution in [1.82, 2.24) is 10.3 Å². The van der Waals surface area contributed by atoms with Gasteiger partial charge in [-0.05, 0) is 61.2 Å². The van der Waals surface area contributed by atoms with Gasteiger partial charge in [0, 0.05) is 12.2 Å². The number of aromatic nitrogens is 1. The van der Waals surface area contributed by atoms with E-state index in [0.29, 0.717) is 33.6 Å². The van der Waals surface area contributed by atoms with Crippen LogP contribution < -0.4 is 20.3 Å². The van der Waals surface area contributed by atoms with Gasteiger partial charge in [-0.25, -0.2) is 9.78 Å². The Morgan fingerprint density at radius 3 is 2.60 bits per heavy atom. The van der Waals surface area contributed by atoms with Crippen molar-refractivity contribution < 1.29 is 14.3 Å². The average molecular weight is 485 g/mol. The molecular weight excluding hydrogens is 460 g/mol. The molecule has 35 heavy (non-hydrogen) atoms. The number of carbonyl (C=O) groups excluding carboxylic acids is 2. The first-order valence-electron chi connectivity index (χ1n) is 11.7. The van der Waals surface area contributed by atoms with E-state index < -0.39 is 0 Å². The smallest absolute Gasteiger partial charge is 0.331 e. The molecule has 2 aromatic heterocycles. The molecular formula is C27H24N4O3S. The van der Waals surface area contributed by atoms with Crippen molar-refractivity contribution in [3.63, 3.8) is 0 Å². The third-order valence-electron chi connectivity index (χ3n) is 6.70. The van der Waals surface area contributed by atoms with Crippen LogP contribution in [-0.4, -0.2) is 23.0 Å². The van der Waals surface area contributed by atoms with Gasteiger partial charge in [0.05, 0.1) is 22.4 Å². The zero-order valence-electron chi connectivity index (χ0n) is 19.2. The molecule has 4 aromatic rings. The maximum Gasteiger partial charge on any atom is 0.331 e.